The minimum atomic E-state index is 0.442. The molecular formula is C20H25NO. The summed E-state index contributed by atoms with van der Waals surface area (Å²) in [6.45, 7) is 2.41. The van der Waals surface area contributed by atoms with Crippen LogP contribution in [0.3, 0.4) is 0 Å². The van der Waals surface area contributed by atoms with Crippen LogP contribution in [-0.2, 0) is 6.42 Å². The molecule has 2 aromatic carbocycles. The van der Waals surface area contributed by atoms with Crippen molar-refractivity contribution in [2.75, 3.05) is 20.2 Å². The highest BCUT2D eigenvalue weighted by Gasteiger charge is 2.23. The molecule has 1 heterocycles. The average Bonchev–Trinajstić information content (AvgIpc) is 2.61. The van der Waals surface area contributed by atoms with E-state index in [0.717, 1.165) is 12.2 Å². The summed E-state index contributed by atoms with van der Waals surface area (Å²) < 4.78 is 5.55. The third-order valence-corrected chi connectivity index (χ3v) is 4.62. The quantitative estimate of drug-likeness (QED) is 0.807. The third kappa shape index (κ3) is 3.50. The molecule has 0 aromatic heterocycles. The van der Waals surface area contributed by atoms with E-state index in [1.807, 2.05) is 6.07 Å². The normalized spacial score (nSPS) is 17.1. The summed E-state index contributed by atoms with van der Waals surface area (Å²) in [5, 5.41) is 0. The first kappa shape index (κ1) is 15.1. The van der Waals surface area contributed by atoms with Gasteiger partial charge in [0.25, 0.3) is 0 Å². The Balaban J connectivity index is 1.88. The zero-order chi connectivity index (χ0) is 15.2. The number of piperidine rings is 1. The number of ether oxygens (including phenoxy) is 1. The topological polar surface area (TPSA) is 12.5 Å². The van der Waals surface area contributed by atoms with Crippen molar-refractivity contribution in [3.05, 3.63) is 65.7 Å². The van der Waals surface area contributed by atoms with Crippen LogP contribution < -0.4 is 4.74 Å². The van der Waals surface area contributed by atoms with Crippen LogP contribution in [0, 0.1) is 0 Å². The molecule has 0 saturated carbocycles. The summed E-state index contributed by atoms with van der Waals surface area (Å²) in [5.41, 5.74) is 2.71. The second-order valence-corrected chi connectivity index (χ2v) is 6.04. The molecule has 2 aromatic rings. The van der Waals surface area contributed by atoms with Crippen LogP contribution in [0.15, 0.2) is 54.6 Å². The second kappa shape index (κ2) is 7.46. The van der Waals surface area contributed by atoms with Crippen molar-refractivity contribution in [3.8, 4) is 5.75 Å². The fourth-order valence-electron chi connectivity index (χ4n) is 3.44. The molecule has 1 fully saturated rings. The van der Waals surface area contributed by atoms with Gasteiger partial charge in [0.1, 0.15) is 5.75 Å². The van der Waals surface area contributed by atoms with E-state index in [1.165, 1.54) is 43.5 Å². The zero-order valence-corrected chi connectivity index (χ0v) is 13.4. The fourth-order valence-corrected chi connectivity index (χ4v) is 3.44. The molecule has 0 N–H and O–H groups in total. The summed E-state index contributed by atoms with van der Waals surface area (Å²) in [6, 6.07) is 19.8. The number of benzene rings is 2. The fraction of sp³-hybridized carbons (Fsp3) is 0.400. The third-order valence-electron chi connectivity index (χ3n) is 4.62. The molecule has 3 rings (SSSR count). The molecule has 0 amide bonds. The van der Waals surface area contributed by atoms with Gasteiger partial charge in [-0.05, 0) is 49.5 Å². The standard InChI is InChI=1S/C20H25NO/c1-22-20-13-7-6-12-18(20)16-19(17-10-4-2-5-11-17)21-14-8-3-9-15-21/h2,4-7,10-13,19H,3,8-9,14-16H2,1H3. The summed E-state index contributed by atoms with van der Waals surface area (Å²) in [6.07, 6.45) is 5.01. The summed E-state index contributed by atoms with van der Waals surface area (Å²) in [7, 11) is 1.76. The van der Waals surface area contributed by atoms with Gasteiger partial charge in [0.05, 0.1) is 7.11 Å². The monoisotopic (exact) mass is 295 g/mol. The Kier molecular flexibility index (Phi) is 5.12. The molecule has 0 radical (unpaired) electrons. The van der Waals surface area contributed by atoms with Gasteiger partial charge in [0.2, 0.25) is 0 Å². The predicted octanol–water partition coefficient (Wildman–Crippen LogP) is 4.46. The maximum Gasteiger partial charge on any atom is 0.122 e. The second-order valence-electron chi connectivity index (χ2n) is 6.04. The van der Waals surface area contributed by atoms with Crippen LogP contribution in [0.4, 0.5) is 0 Å². The van der Waals surface area contributed by atoms with Crippen molar-refractivity contribution < 1.29 is 4.74 Å². The van der Waals surface area contributed by atoms with E-state index in [1.54, 1.807) is 7.11 Å². The average molecular weight is 295 g/mol. The van der Waals surface area contributed by atoms with E-state index in [9.17, 15) is 0 Å². The van der Waals surface area contributed by atoms with Gasteiger partial charge in [-0.15, -0.1) is 0 Å². The van der Waals surface area contributed by atoms with Crippen LogP contribution in [-0.4, -0.2) is 25.1 Å². The number of para-hydroxylation sites is 1. The lowest BCUT2D eigenvalue weighted by atomic mass is 9.95. The Labute approximate surface area is 133 Å². The molecule has 0 spiro atoms. The number of rotatable bonds is 5. The smallest absolute Gasteiger partial charge is 0.122 e. The Morgan fingerprint density at radius 1 is 0.909 bits per heavy atom. The van der Waals surface area contributed by atoms with Crippen molar-refractivity contribution in [3.63, 3.8) is 0 Å². The van der Waals surface area contributed by atoms with Crippen LogP contribution in [0.25, 0.3) is 0 Å². The minimum absolute atomic E-state index is 0.442. The van der Waals surface area contributed by atoms with Crippen molar-refractivity contribution in [2.24, 2.45) is 0 Å². The molecule has 1 unspecified atom stereocenters. The molecule has 1 atom stereocenters. The van der Waals surface area contributed by atoms with Crippen molar-refractivity contribution >= 4 is 0 Å². The van der Waals surface area contributed by atoms with Gasteiger partial charge < -0.3 is 4.74 Å². The van der Waals surface area contributed by atoms with Gasteiger partial charge in [-0.3, -0.25) is 4.90 Å². The first-order valence-corrected chi connectivity index (χ1v) is 8.29. The molecule has 22 heavy (non-hydrogen) atoms. The van der Waals surface area contributed by atoms with Gasteiger partial charge >= 0.3 is 0 Å². The molecule has 1 aliphatic rings. The molecule has 1 aliphatic heterocycles. The van der Waals surface area contributed by atoms with Gasteiger partial charge in [0, 0.05) is 6.04 Å². The lowest BCUT2D eigenvalue weighted by Crippen LogP contribution is -2.34. The molecule has 0 aliphatic carbocycles. The van der Waals surface area contributed by atoms with Gasteiger partial charge in [-0.1, -0.05) is 55.0 Å². The first-order chi connectivity index (χ1) is 10.9. The van der Waals surface area contributed by atoms with Crippen LogP contribution in [0.1, 0.15) is 36.4 Å². The number of hydrogen-bond acceptors (Lipinski definition) is 2. The van der Waals surface area contributed by atoms with Crippen molar-refractivity contribution in [1.29, 1.82) is 0 Å². The van der Waals surface area contributed by atoms with E-state index in [0.29, 0.717) is 6.04 Å². The molecule has 2 heteroatoms. The van der Waals surface area contributed by atoms with Crippen molar-refractivity contribution in [2.45, 2.75) is 31.7 Å². The van der Waals surface area contributed by atoms with Crippen molar-refractivity contribution in [1.82, 2.24) is 4.90 Å². The van der Waals surface area contributed by atoms with Crippen LogP contribution >= 0.6 is 0 Å². The first-order valence-electron chi connectivity index (χ1n) is 8.29. The Hall–Kier alpha value is -1.80. The molecule has 1 saturated heterocycles. The summed E-state index contributed by atoms with van der Waals surface area (Å²) in [4.78, 5) is 2.64. The van der Waals surface area contributed by atoms with Gasteiger partial charge in [0.15, 0.2) is 0 Å². The largest absolute Gasteiger partial charge is 0.496 e. The Bertz CT molecular complexity index is 575. The van der Waals surface area contributed by atoms with Crippen LogP contribution in [0.5, 0.6) is 5.75 Å². The maximum absolute atomic E-state index is 5.55. The van der Waals surface area contributed by atoms with E-state index >= 15 is 0 Å². The zero-order valence-electron chi connectivity index (χ0n) is 13.4. The van der Waals surface area contributed by atoms with E-state index in [2.05, 4.69) is 53.4 Å². The SMILES string of the molecule is COc1ccccc1CC(c1ccccc1)N1CCCCC1. The highest BCUT2D eigenvalue weighted by Crippen LogP contribution is 2.31. The van der Waals surface area contributed by atoms with E-state index in [-0.39, 0.29) is 0 Å². The van der Waals surface area contributed by atoms with E-state index in [4.69, 9.17) is 4.74 Å². The highest BCUT2D eigenvalue weighted by atomic mass is 16.5. The molecule has 116 valence electrons. The maximum atomic E-state index is 5.55. The number of nitrogens with zero attached hydrogens (tertiary/aromatic N) is 1. The van der Waals surface area contributed by atoms with E-state index < -0.39 is 0 Å². The molecule has 0 bridgehead atoms. The number of methoxy groups -OCH3 is 1. The minimum Gasteiger partial charge on any atom is -0.496 e. The molecular weight excluding hydrogens is 270 g/mol. The molecule has 2 nitrogen and oxygen atoms in total. The lowest BCUT2D eigenvalue weighted by Gasteiger charge is -2.35. The highest BCUT2D eigenvalue weighted by molar-refractivity contribution is 5.35. The number of hydrogen-bond donors (Lipinski definition) is 0. The Morgan fingerprint density at radius 3 is 2.32 bits per heavy atom. The van der Waals surface area contributed by atoms with Gasteiger partial charge in [-0.2, -0.15) is 0 Å². The Morgan fingerprint density at radius 2 is 1.59 bits per heavy atom. The van der Waals surface area contributed by atoms with Crippen LogP contribution in [0.2, 0.25) is 0 Å². The lowest BCUT2D eigenvalue weighted by molar-refractivity contribution is 0.161. The predicted molar refractivity (Wildman–Crippen MR) is 91.3 cm³/mol. The summed E-state index contributed by atoms with van der Waals surface area (Å²) >= 11 is 0. The summed E-state index contributed by atoms with van der Waals surface area (Å²) in [5.74, 6) is 1.00. The number of likely N-dealkylation sites (tertiary alicyclic amines) is 1. The van der Waals surface area contributed by atoms with Gasteiger partial charge in [-0.25, -0.2) is 0 Å².